The molecule has 0 spiro atoms. The van der Waals surface area contributed by atoms with Gasteiger partial charge in [-0.15, -0.1) is 10.2 Å². The zero-order valence-electron chi connectivity index (χ0n) is 19.9. The van der Waals surface area contributed by atoms with Crippen molar-refractivity contribution in [3.8, 4) is 17.2 Å². The topological polar surface area (TPSA) is 87.5 Å². The van der Waals surface area contributed by atoms with Crippen LogP contribution in [0.25, 0.3) is 0 Å². The monoisotopic (exact) mass is 504 g/mol. The molecule has 3 rings (SSSR count). The molecule has 1 N–H and O–H groups in total. The maximum atomic E-state index is 12.6. The third-order valence-electron chi connectivity index (χ3n) is 4.81. The Bertz CT molecular complexity index is 1120. The van der Waals surface area contributed by atoms with E-state index >= 15 is 0 Å². The molecule has 34 heavy (non-hydrogen) atoms. The second kappa shape index (κ2) is 12.0. The molecule has 2 aromatic carbocycles. The van der Waals surface area contributed by atoms with Gasteiger partial charge in [-0.1, -0.05) is 49.3 Å². The molecule has 3 aromatic rings. The van der Waals surface area contributed by atoms with Crippen molar-refractivity contribution < 1.29 is 19.0 Å². The van der Waals surface area contributed by atoms with Gasteiger partial charge in [0.2, 0.25) is 5.91 Å². The van der Waals surface area contributed by atoms with Crippen LogP contribution in [0.3, 0.4) is 0 Å². The Morgan fingerprint density at radius 2 is 1.85 bits per heavy atom. The van der Waals surface area contributed by atoms with E-state index in [-0.39, 0.29) is 17.8 Å². The molecule has 1 heterocycles. The normalized spacial score (nSPS) is 11.9. The van der Waals surface area contributed by atoms with E-state index < -0.39 is 0 Å². The molecule has 0 bridgehead atoms. The van der Waals surface area contributed by atoms with E-state index in [1.54, 1.807) is 38.5 Å². The predicted octanol–water partition coefficient (Wildman–Crippen LogP) is 5.48. The number of thioether (sulfide) groups is 1. The van der Waals surface area contributed by atoms with Crippen molar-refractivity contribution in [2.75, 3.05) is 25.3 Å². The summed E-state index contributed by atoms with van der Waals surface area (Å²) in [4.78, 5) is 12.6. The Kier molecular flexibility index (Phi) is 9.06. The summed E-state index contributed by atoms with van der Waals surface area (Å²) in [5.41, 5.74) is 0.569. The molecular formula is C24H29ClN4O4S. The molecule has 1 aromatic heterocycles. The standard InChI is InChI=1S/C24H29ClN4O4S/c1-15(2)13-29-23(16(3)33-20-9-7-6-8-18(20)25)27-28-24(29)34-14-22(30)26-19-11-10-17(31-4)12-21(19)32-5/h6-12,15-16H,13-14H2,1-5H3,(H,26,30). The van der Waals surface area contributed by atoms with Crippen LogP contribution in [0.15, 0.2) is 47.6 Å². The summed E-state index contributed by atoms with van der Waals surface area (Å²) in [5.74, 6) is 2.74. The van der Waals surface area contributed by atoms with Crippen LogP contribution in [-0.4, -0.2) is 40.6 Å². The van der Waals surface area contributed by atoms with Crippen LogP contribution < -0.4 is 19.5 Å². The van der Waals surface area contributed by atoms with E-state index in [0.29, 0.717) is 51.4 Å². The molecule has 1 unspecified atom stereocenters. The molecule has 0 fully saturated rings. The number of ether oxygens (including phenoxy) is 3. The Labute approximate surface area is 209 Å². The number of amides is 1. The zero-order valence-corrected chi connectivity index (χ0v) is 21.4. The lowest BCUT2D eigenvalue weighted by Gasteiger charge is -2.18. The number of hydrogen-bond donors (Lipinski definition) is 1. The van der Waals surface area contributed by atoms with Crippen molar-refractivity contribution in [2.45, 2.75) is 38.6 Å². The largest absolute Gasteiger partial charge is 0.497 e. The van der Waals surface area contributed by atoms with Crippen LogP contribution in [0.2, 0.25) is 5.02 Å². The average molecular weight is 505 g/mol. The molecule has 1 amide bonds. The van der Waals surface area contributed by atoms with E-state index in [1.807, 2.05) is 29.7 Å². The number of benzene rings is 2. The molecule has 0 saturated heterocycles. The quantitative estimate of drug-likeness (QED) is 0.346. The molecule has 0 aliphatic carbocycles. The highest BCUT2D eigenvalue weighted by Gasteiger charge is 2.22. The minimum atomic E-state index is -0.377. The zero-order chi connectivity index (χ0) is 24.7. The van der Waals surface area contributed by atoms with Crippen molar-refractivity contribution in [3.63, 3.8) is 0 Å². The van der Waals surface area contributed by atoms with Crippen LogP contribution in [0, 0.1) is 5.92 Å². The Morgan fingerprint density at radius 3 is 2.53 bits per heavy atom. The molecule has 182 valence electrons. The third-order valence-corrected chi connectivity index (χ3v) is 6.09. The Balaban J connectivity index is 1.71. The van der Waals surface area contributed by atoms with Crippen molar-refractivity contribution in [1.29, 1.82) is 0 Å². The molecule has 0 saturated carbocycles. The van der Waals surface area contributed by atoms with Crippen molar-refractivity contribution in [1.82, 2.24) is 14.8 Å². The fraction of sp³-hybridized carbons (Fsp3) is 0.375. The molecular weight excluding hydrogens is 476 g/mol. The first-order chi connectivity index (χ1) is 16.3. The molecule has 1 atom stereocenters. The van der Waals surface area contributed by atoms with Gasteiger partial charge in [-0.3, -0.25) is 4.79 Å². The first kappa shape index (κ1) is 25.7. The highest BCUT2D eigenvalue weighted by atomic mass is 35.5. The number of rotatable bonds is 11. The maximum absolute atomic E-state index is 12.6. The SMILES string of the molecule is COc1ccc(NC(=O)CSc2nnc(C(C)Oc3ccccc3Cl)n2CC(C)C)c(OC)c1. The number of hydrogen-bond acceptors (Lipinski definition) is 7. The second-order valence-corrected chi connectivity index (χ2v) is 9.29. The van der Waals surface area contributed by atoms with E-state index in [4.69, 9.17) is 25.8 Å². The lowest BCUT2D eigenvalue weighted by Crippen LogP contribution is -2.17. The fourth-order valence-electron chi connectivity index (χ4n) is 3.25. The van der Waals surface area contributed by atoms with Gasteiger partial charge in [-0.05, 0) is 37.1 Å². The average Bonchev–Trinajstić information content (AvgIpc) is 3.21. The van der Waals surface area contributed by atoms with E-state index in [9.17, 15) is 4.79 Å². The summed E-state index contributed by atoms with van der Waals surface area (Å²) in [7, 11) is 3.12. The summed E-state index contributed by atoms with van der Waals surface area (Å²) in [6.45, 7) is 6.82. The number of halogens is 1. The Morgan fingerprint density at radius 1 is 1.09 bits per heavy atom. The minimum Gasteiger partial charge on any atom is -0.497 e. The molecule has 0 aliphatic heterocycles. The third kappa shape index (κ3) is 6.57. The second-order valence-electron chi connectivity index (χ2n) is 7.94. The van der Waals surface area contributed by atoms with Crippen LogP contribution >= 0.6 is 23.4 Å². The Hall–Kier alpha value is -2.91. The number of carbonyl (C=O) groups is 1. The molecule has 8 nitrogen and oxygen atoms in total. The molecule has 0 aliphatic rings. The number of nitrogens with zero attached hydrogens (tertiary/aromatic N) is 3. The van der Waals surface area contributed by atoms with E-state index in [0.717, 1.165) is 0 Å². The lowest BCUT2D eigenvalue weighted by atomic mass is 10.2. The van der Waals surface area contributed by atoms with Gasteiger partial charge >= 0.3 is 0 Å². The summed E-state index contributed by atoms with van der Waals surface area (Å²) < 4.78 is 18.6. The van der Waals surface area contributed by atoms with Gasteiger partial charge in [0, 0.05) is 12.6 Å². The first-order valence-corrected chi connectivity index (χ1v) is 12.2. The predicted molar refractivity (Wildman–Crippen MR) is 134 cm³/mol. The van der Waals surface area contributed by atoms with Gasteiger partial charge in [0.1, 0.15) is 17.2 Å². The van der Waals surface area contributed by atoms with Gasteiger partial charge in [-0.2, -0.15) is 0 Å². The van der Waals surface area contributed by atoms with E-state index in [1.165, 1.54) is 11.8 Å². The number of anilines is 1. The summed E-state index contributed by atoms with van der Waals surface area (Å²) in [5, 5.41) is 12.7. The van der Waals surface area contributed by atoms with Crippen LogP contribution in [0.4, 0.5) is 5.69 Å². The van der Waals surface area contributed by atoms with Crippen molar-refractivity contribution >= 4 is 35.0 Å². The van der Waals surface area contributed by atoms with Gasteiger partial charge in [0.25, 0.3) is 0 Å². The number of aromatic nitrogens is 3. The van der Waals surface area contributed by atoms with Crippen molar-refractivity contribution in [3.05, 3.63) is 53.3 Å². The van der Waals surface area contributed by atoms with Gasteiger partial charge < -0.3 is 24.1 Å². The summed E-state index contributed by atoms with van der Waals surface area (Å²) in [6.07, 6.45) is -0.377. The maximum Gasteiger partial charge on any atom is 0.234 e. The highest BCUT2D eigenvalue weighted by Crippen LogP contribution is 2.31. The van der Waals surface area contributed by atoms with Crippen molar-refractivity contribution in [2.24, 2.45) is 5.92 Å². The van der Waals surface area contributed by atoms with Gasteiger partial charge in [0.05, 0.1) is 30.7 Å². The minimum absolute atomic E-state index is 0.158. The highest BCUT2D eigenvalue weighted by molar-refractivity contribution is 7.99. The van der Waals surface area contributed by atoms with Crippen LogP contribution in [0.5, 0.6) is 17.2 Å². The van der Waals surface area contributed by atoms with E-state index in [2.05, 4.69) is 29.4 Å². The first-order valence-electron chi connectivity index (χ1n) is 10.8. The van der Waals surface area contributed by atoms with Crippen LogP contribution in [0.1, 0.15) is 32.7 Å². The lowest BCUT2D eigenvalue weighted by molar-refractivity contribution is -0.113. The summed E-state index contributed by atoms with van der Waals surface area (Å²) >= 11 is 7.56. The number of nitrogens with one attached hydrogen (secondary N) is 1. The number of methoxy groups -OCH3 is 2. The fourth-order valence-corrected chi connectivity index (χ4v) is 4.18. The number of carbonyl (C=O) groups excluding carboxylic acids is 1. The van der Waals surface area contributed by atoms with Crippen LogP contribution in [-0.2, 0) is 11.3 Å². The summed E-state index contributed by atoms with van der Waals surface area (Å²) in [6, 6.07) is 12.5. The molecule has 0 radical (unpaired) electrons. The van der Waals surface area contributed by atoms with Gasteiger partial charge in [0.15, 0.2) is 17.1 Å². The smallest absolute Gasteiger partial charge is 0.234 e. The van der Waals surface area contributed by atoms with Gasteiger partial charge in [-0.25, -0.2) is 0 Å². The number of para-hydroxylation sites is 1. The molecule has 10 heteroatoms.